The van der Waals surface area contributed by atoms with E-state index >= 15 is 0 Å². The van der Waals surface area contributed by atoms with Crippen molar-refractivity contribution in [2.24, 2.45) is 0 Å². The number of carbonyl (C=O) groups excluding carboxylic acids is 1. The maximum atomic E-state index is 11.4. The van der Waals surface area contributed by atoms with Crippen LogP contribution in [0.25, 0.3) is 0 Å². The average molecular weight is 250 g/mol. The third-order valence-corrected chi connectivity index (χ3v) is 2.80. The third-order valence-electron chi connectivity index (χ3n) is 2.80. The Labute approximate surface area is 109 Å². The summed E-state index contributed by atoms with van der Waals surface area (Å²) in [6.07, 6.45) is 1.02. The molecule has 0 saturated heterocycles. The minimum atomic E-state index is 0.0374. The van der Waals surface area contributed by atoms with E-state index in [1.807, 2.05) is 24.3 Å². The van der Waals surface area contributed by atoms with Crippen LogP contribution in [0, 0.1) is 0 Å². The maximum absolute atomic E-state index is 11.4. The van der Waals surface area contributed by atoms with Crippen LogP contribution in [-0.2, 0) is 17.9 Å². The average Bonchev–Trinajstić information content (AvgIpc) is 2.39. The van der Waals surface area contributed by atoms with Crippen molar-refractivity contribution < 1.29 is 9.90 Å². The summed E-state index contributed by atoms with van der Waals surface area (Å²) < 4.78 is 0. The van der Waals surface area contributed by atoms with Crippen molar-refractivity contribution in [2.75, 3.05) is 20.1 Å². The summed E-state index contributed by atoms with van der Waals surface area (Å²) in [6, 6.07) is 7.83. The summed E-state index contributed by atoms with van der Waals surface area (Å²) in [4.78, 5) is 13.5. The molecule has 18 heavy (non-hydrogen) atoms. The van der Waals surface area contributed by atoms with Gasteiger partial charge in [-0.15, -0.1) is 0 Å². The summed E-state index contributed by atoms with van der Waals surface area (Å²) in [6.45, 7) is 4.25. The van der Waals surface area contributed by atoms with Gasteiger partial charge in [0.25, 0.3) is 0 Å². The lowest BCUT2D eigenvalue weighted by molar-refractivity contribution is -0.121. The molecule has 4 heteroatoms. The molecule has 0 bridgehead atoms. The molecular weight excluding hydrogens is 228 g/mol. The van der Waals surface area contributed by atoms with Crippen LogP contribution in [0.2, 0.25) is 0 Å². The Balaban J connectivity index is 2.60. The highest BCUT2D eigenvalue weighted by Gasteiger charge is 2.09. The highest BCUT2D eigenvalue weighted by Crippen LogP contribution is 2.08. The van der Waals surface area contributed by atoms with E-state index in [-0.39, 0.29) is 12.5 Å². The van der Waals surface area contributed by atoms with E-state index in [0.717, 1.165) is 30.6 Å². The van der Waals surface area contributed by atoms with Gasteiger partial charge in [0.2, 0.25) is 5.91 Å². The van der Waals surface area contributed by atoms with Crippen LogP contribution in [0.15, 0.2) is 24.3 Å². The van der Waals surface area contributed by atoms with Gasteiger partial charge in [-0.05, 0) is 24.1 Å². The molecule has 0 aliphatic carbocycles. The molecule has 0 saturated carbocycles. The van der Waals surface area contributed by atoms with Crippen LogP contribution < -0.4 is 5.32 Å². The molecule has 1 aromatic rings. The summed E-state index contributed by atoms with van der Waals surface area (Å²) in [7, 11) is 1.66. The lowest BCUT2D eigenvalue weighted by Crippen LogP contribution is -2.35. The Morgan fingerprint density at radius 3 is 2.39 bits per heavy atom. The number of rotatable bonds is 7. The summed E-state index contributed by atoms with van der Waals surface area (Å²) in [5.41, 5.74) is 2.07. The number of aliphatic hydroxyl groups is 1. The minimum Gasteiger partial charge on any atom is -0.392 e. The highest BCUT2D eigenvalue weighted by molar-refractivity contribution is 5.77. The molecule has 2 N–H and O–H groups in total. The SMILES string of the molecule is CCCN(CC(=O)NC)Cc1ccc(CO)cc1. The quantitative estimate of drug-likeness (QED) is 0.763. The van der Waals surface area contributed by atoms with E-state index in [1.165, 1.54) is 0 Å². The van der Waals surface area contributed by atoms with E-state index in [4.69, 9.17) is 5.11 Å². The standard InChI is InChI=1S/C14H22N2O2/c1-3-8-16(10-14(18)15-2)9-12-4-6-13(11-17)7-5-12/h4-7,17H,3,8-11H2,1-2H3,(H,15,18). The van der Waals surface area contributed by atoms with Gasteiger partial charge in [-0.25, -0.2) is 0 Å². The third kappa shape index (κ3) is 4.85. The zero-order chi connectivity index (χ0) is 13.4. The zero-order valence-electron chi connectivity index (χ0n) is 11.1. The maximum Gasteiger partial charge on any atom is 0.233 e. The number of benzene rings is 1. The molecule has 1 amide bonds. The topological polar surface area (TPSA) is 52.6 Å². The van der Waals surface area contributed by atoms with E-state index in [0.29, 0.717) is 6.54 Å². The number of amides is 1. The molecule has 0 atom stereocenters. The van der Waals surface area contributed by atoms with Crippen LogP contribution in [0.4, 0.5) is 0 Å². The molecule has 1 rings (SSSR count). The van der Waals surface area contributed by atoms with E-state index in [2.05, 4.69) is 17.1 Å². The Bertz CT molecular complexity index is 363. The first kappa shape index (κ1) is 14.7. The lowest BCUT2D eigenvalue weighted by atomic mass is 10.1. The Kier molecular flexibility index (Phi) is 6.39. The first-order valence-electron chi connectivity index (χ1n) is 6.31. The predicted molar refractivity (Wildman–Crippen MR) is 72.0 cm³/mol. The van der Waals surface area contributed by atoms with E-state index in [9.17, 15) is 4.79 Å². The molecule has 0 spiro atoms. The number of likely N-dealkylation sites (N-methyl/N-ethyl adjacent to an activating group) is 1. The van der Waals surface area contributed by atoms with Gasteiger partial charge in [0, 0.05) is 13.6 Å². The molecule has 100 valence electrons. The largest absolute Gasteiger partial charge is 0.392 e. The van der Waals surface area contributed by atoms with Gasteiger partial charge in [0.1, 0.15) is 0 Å². The fourth-order valence-electron chi connectivity index (χ4n) is 1.82. The number of hydrogen-bond donors (Lipinski definition) is 2. The van der Waals surface area contributed by atoms with Crippen molar-refractivity contribution in [1.29, 1.82) is 0 Å². The molecule has 0 unspecified atom stereocenters. The summed E-state index contributed by atoms with van der Waals surface area (Å²) in [5, 5.41) is 11.6. The predicted octanol–water partition coefficient (Wildman–Crippen LogP) is 1.14. The fraction of sp³-hybridized carbons (Fsp3) is 0.500. The van der Waals surface area contributed by atoms with Gasteiger partial charge < -0.3 is 10.4 Å². The van der Waals surface area contributed by atoms with Gasteiger partial charge in [-0.3, -0.25) is 9.69 Å². The van der Waals surface area contributed by atoms with Gasteiger partial charge in [-0.2, -0.15) is 0 Å². The van der Waals surface area contributed by atoms with Crippen molar-refractivity contribution in [2.45, 2.75) is 26.5 Å². The molecular formula is C14H22N2O2. The van der Waals surface area contributed by atoms with Crippen molar-refractivity contribution in [1.82, 2.24) is 10.2 Å². The number of nitrogens with zero attached hydrogens (tertiary/aromatic N) is 1. The monoisotopic (exact) mass is 250 g/mol. The Morgan fingerprint density at radius 2 is 1.89 bits per heavy atom. The van der Waals surface area contributed by atoms with Gasteiger partial charge >= 0.3 is 0 Å². The van der Waals surface area contributed by atoms with Gasteiger partial charge in [-0.1, -0.05) is 31.2 Å². The van der Waals surface area contributed by atoms with Crippen LogP contribution in [0.3, 0.4) is 0 Å². The second kappa shape index (κ2) is 7.84. The first-order chi connectivity index (χ1) is 8.69. The normalized spacial score (nSPS) is 10.7. The fourth-order valence-corrected chi connectivity index (χ4v) is 1.82. The van der Waals surface area contributed by atoms with Crippen molar-refractivity contribution in [3.63, 3.8) is 0 Å². The Hall–Kier alpha value is -1.39. The molecule has 4 nitrogen and oxygen atoms in total. The van der Waals surface area contributed by atoms with Crippen molar-refractivity contribution in [3.8, 4) is 0 Å². The zero-order valence-corrected chi connectivity index (χ0v) is 11.1. The molecule has 1 aromatic carbocycles. The number of aliphatic hydroxyl groups excluding tert-OH is 1. The molecule has 0 aliphatic rings. The van der Waals surface area contributed by atoms with Gasteiger partial charge in [0.05, 0.1) is 13.2 Å². The lowest BCUT2D eigenvalue weighted by Gasteiger charge is -2.20. The van der Waals surface area contributed by atoms with E-state index in [1.54, 1.807) is 7.05 Å². The van der Waals surface area contributed by atoms with Gasteiger partial charge in [0.15, 0.2) is 0 Å². The molecule has 0 heterocycles. The Morgan fingerprint density at radius 1 is 1.28 bits per heavy atom. The number of carbonyl (C=O) groups is 1. The molecule has 0 fully saturated rings. The van der Waals surface area contributed by atoms with E-state index < -0.39 is 0 Å². The van der Waals surface area contributed by atoms with Crippen molar-refractivity contribution >= 4 is 5.91 Å². The minimum absolute atomic E-state index is 0.0374. The molecule has 0 radical (unpaired) electrons. The second-order valence-corrected chi connectivity index (χ2v) is 4.36. The molecule has 0 aliphatic heterocycles. The van der Waals surface area contributed by atoms with Crippen LogP contribution in [0.5, 0.6) is 0 Å². The number of nitrogens with one attached hydrogen (secondary N) is 1. The molecule has 0 aromatic heterocycles. The highest BCUT2D eigenvalue weighted by atomic mass is 16.3. The van der Waals surface area contributed by atoms with Crippen LogP contribution in [0.1, 0.15) is 24.5 Å². The van der Waals surface area contributed by atoms with Crippen LogP contribution in [-0.4, -0.2) is 36.1 Å². The second-order valence-electron chi connectivity index (χ2n) is 4.36. The summed E-state index contributed by atoms with van der Waals surface area (Å²) >= 11 is 0. The van der Waals surface area contributed by atoms with Crippen molar-refractivity contribution in [3.05, 3.63) is 35.4 Å². The smallest absolute Gasteiger partial charge is 0.233 e. The van der Waals surface area contributed by atoms with Crippen LogP contribution >= 0.6 is 0 Å². The summed E-state index contributed by atoms with van der Waals surface area (Å²) in [5.74, 6) is 0.0374. The number of hydrogen-bond acceptors (Lipinski definition) is 3. The first-order valence-corrected chi connectivity index (χ1v) is 6.31.